The van der Waals surface area contributed by atoms with Crippen LogP contribution in [0.15, 0.2) is 0 Å². The lowest BCUT2D eigenvalue weighted by Crippen LogP contribution is -2.69. The van der Waals surface area contributed by atoms with E-state index in [1.807, 2.05) is 0 Å². The Morgan fingerprint density at radius 2 is 0.759 bits per heavy atom. The van der Waals surface area contributed by atoms with Crippen molar-refractivity contribution in [2.75, 3.05) is 26.4 Å². The van der Waals surface area contributed by atoms with Gasteiger partial charge in [-0.25, -0.2) is 4.57 Å². The van der Waals surface area contributed by atoms with E-state index in [4.69, 9.17) is 37.5 Å². The van der Waals surface area contributed by atoms with Crippen molar-refractivity contribution in [3.63, 3.8) is 0 Å². The molecule has 1 aliphatic carbocycles. The van der Waals surface area contributed by atoms with Crippen molar-refractivity contribution >= 4 is 19.8 Å². The molecule has 3 fully saturated rings. The number of carbonyl (C=O) groups excluding carboxylic acids is 2. The van der Waals surface area contributed by atoms with Crippen LogP contribution in [0.5, 0.6) is 0 Å². The van der Waals surface area contributed by atoms with Gasteiger partial charge in [0.15, 0.2) is 18.7 Å². The minimum absolute atomic E-state index is 0.0246. The predicted molar refractivity (Wildman–Crippen MR) is 287 cm³/mol. The van der Waals surface area contributed by atoms with E-state index >= 15 is 0 Å². The number of phosphoric acid groups is 1. The zero-order chi connectivity index (χ0) is 58.2. The third kappa shape index (κ3) is 26.5. The van der Waals surface area contributed by atoms with Gasteiger partial charge in [-0.05, 0) is 12.8 Å². The van der Waals surface area contributed by atoms with Crippen LogP contribution < -0.4 is 0 Å². The van der Waals surface area contributed by atoms with E-state index in [0.717, 1.165) is 57.8 Å². The minimum atomic E-state index is -5.63. The number of rotatable bonds is 44. The van der Waals surface area contributed by atoms with E-state index in [9.17, 15) is 75.2 Å². The Morgan fingerprint density at radius 3 is 1.11 bits per heavy atom. The number of aliphatic hydroxyl groups is 11. The smallest absolute Gasteiger partial charge is 0.462 e. The second-order valence-electron chi connectivity index (χ2n) is 21.9. The van der Waals surface area contributed by atoms with Crippen LogP contribution in [0.2, 0.25) is 0 Å². The SMILES string of the molecule is CCCCCCCCCCCCCCCCCCCC(=O)OC(COC(=O)CCCCCCCCCCCCC)COP(=O)(O)OC1C(OC2OC(CO)C(O)C(O)C2O)C(O)C(O)C(O)C1OC1OC(CO)C(O)C(O)C1O. The monoisotopic (exact) mass is 1160 g/mol. The Labute approximate surface area is 468 Å². The van der Waals surface area contributed by atoms with Crippen molar-refractivity contribution < 1.29 is 113 Å². The fourth-order valence-electron chi connectivity index (χ4n) is 10.2. The predicted octanol–water partition coefficient (Wildman–Crippen LogP) is 4.15. The molecule has 466 valence electrons. The first-order chi connectivity index (χ1) is 37.9. The third-order valence-electron chi connectivity index (χ3n) is 15.2. The van der Waals surface area contributed by atoms with E-state index in [1.165, 1.54) is 109 Å². The van der Waals surface area contributed by atoms with E-state index in [1.54, 1.807) is 0 Å². The van der Waals surface area contributed by atoms with Gasteiger partial charge in [0.1, 0.15) is 92.1 Å². The lowest BCUT2D eigenvalue weighted by atomic mass is 9.84. The van der Waals surface area contributed by atoms with Crippen LogP contribution in [0.25, 0.3) is 0 Å². The van der Waals surface area contributed by atoms with Gasteiger partial charge in [-0.1, -0.05) is 181 Å². The molecule has 0 bridgehead atoms. The number of esters is 2. The van der Waals surface area contributed by atoms with E-state index in [2.05, 4.69) is 13.8 Å². The van der Waals surface area contributed by atoms with Crippen LogP contribution in [0, 0.1) is 0 Å². The zero-order valence-electron chi connectivity index (χ0n) is 47.2. The second-order valence-corrected chi connectivity index (χ2v) is 23.3. The highest BCUT2D eigenvalue weighted by Gasteiger charge is 2.58. The van der Waals surface area contributed by atoms with Crippen LogP contribution in [-0.2, 0) is 51.6 Å². The highest BCUT2D eigenvalue weighted by atomic mass is 31.2. The van der Waals surface area contributed by atoms with Crippen LogP contribution in [0.1, 0.15) is 206 Å². The summed E-state index contributed by atoms with van der Waals surface area (Å²) in [5.41, 5.74) is 0. The molecule has 12 N–H and O–H groups in total. The van der Waals surface area contributed by atoms with E-state index < -0.39 is 150 Å². The summed E-state index contributed by atoms with van der Waals surface area (Å²) < 4.78 is 58.1. The third-order valence-corrected chi connectivity index (χ3v) is 16.2. The second kappa shape index (κ2) is 40.7. The Balaban J connectivity index is 1.69. The molecule has 1 saturated carbocycles. The average Bonchev–Trinajstić information content (AvgIpc) is 3.50. The Hall–Kier alpha value is -1.55. The summed E-state index contributed by atoms with van der Waals surface area (Å²) >= 11 is 0. The van der Waals surface area contributed by atoms with Crippen molar-refractivity contribution in [1.29, 1.82) is 0 Å². The van der Waals surface area contributed by atoms with E-state index in [0.29, 0.717) is 12.8 Å². The number of phosphoric ester groups is 1. The van der Waals surface area contributed by atoms with Crippen LogP contribution in [0.3, 0.4) is 0 Å². The average molecular weight is 1160 g/mol. The topological polar surface area (TPSA) is 368 Å². The minimum Gasteiger partial charge on any atom is -0.462 e. The van der Waals surface area contributed by atoms with Crippen LogP contribution >= 0.6 is 7.82 Å². The lowest BCUT2D eigenvalue weighted by Gasteiger charge is -2.49. The highest BCUT2D eigenvalue weighted by Crippen LogP contribution is 2.49. The van der Waals surface area contributed by atoms with Crippen molar-refractivity contribution in [3.05, 3.63) is 0 Å². The van der Waals surface area contributed by atoms with Gasteiger partial charge in [-0.3, -0.25) is 18.6 Å². The molecular formula is C55H103O23P. The molecule has 79 heavy (non-hydrogen) atoms. The summed E-state index contributed by atoms with van der Waals surface area (Å²) in [6, 6.07) is 0. The van der Waals surface area contributed by atoms with Crippen molar-refractivity contribution in [1.82, 2.24) is 0 Å². The molecule has 16 atom stereocenters. The number of aliphatic hydroxyl groups excluding tert-OH is 11. The zero-order valence-corrected chi connectivity index (χ0v) is 48.1. The van der Waals surface area contributed by atoms with Crippen molar-refractivity contribution in [3.8, 4) is 0 Å². The van der Waals surface area contributed by atoms with Gasteiger partial charge in [-0.15, -0.1) is 0 Å². The standard InChI is InChI=1S/C55H103O23P/c1-3-5-7-9-11-13-15-16-17-18-19-20-22-24-26-28-30-32-41(59)73-37(35-71-40(58)31-29-27-25-23-21-14-12-10-8-6-4-2)36-72-79(69,70)78-53-51(76-54-49(67)44(62)42(60)38(33-56)74-54)47(65)46(64)48(66)52(53)77-55-50(68)45(63)43(61)39(34-57)75-55/h37-39,42-57,60-68H,3-36H2,1-2H3,(H,69,70). The molecule has 2 aliphatic heterocycles. The summed E-state index contributed by atoms with van der Waals surface area (Å²) in [6.07, 6.45) is -3.38. The molecule has 3 aliphatic rings. The molecule has 0 aromatic carbocycles. The Morgan fingerprint density at radius 1 is 0.430 bits per heavy atom. The molecule has 0 spiro atoms. The molecule has 16 unspecified atom stereocenters. The number of hydrogen-bond donors (Lipinski definition) is 12. The first-order valence-corrected chi connectivity index (χ1v) is 31.4. The molecule has 2 saturated heterocycles. The molecule has 0 aromatic rings. The summed E-state index contributed by atoms with van der Waals surface area (Å²) in [4.78, 5) is 37.5. The normalized spacial score (nSPS) is 31.4. The van der Waals surface area contributed by atoms with Gasteiger partial charge in [0, 0.05) is 12.8 Å². The van der Waals surface area contributed by atoms with E-state index in [-0.39, 0.29) is 12.8 Å². The first-order valence-electron chi connectivity index (χ1n) is 29.9. The summed E-state index contributed by atoms with van der Waals surface area (Å²) in [6.45, 7) is 1.02. The summed E-state index contributed by atoms with van der Waals surface area (Å²) in [5.74, 6) is -1.32. The van der Waals surface area contributed by atoms with Gasteiger partial charge >= 0.3 is 19.8 Å². The highest BCUT2D eigenvalue weighted by molar-refractivity contribution is 7.47. The Bertz CT molecular complexity index is 1580. The first kappa shape index (κ1) is 71.7. The quantitative estimate of drug-likeness (QED) is 0.0231. The maximum atomic E-state index is 14.0. The van der Waals surface area contributed by atoms with Crippen LogP contribution in [0.4, 0.5) is 0 Å². The molecule has 3 rings (SSSR count). The van der Waals surface area contributed by atoms with Gasteiger partial charge in [-0.2, -0.15) is 0 Å². The van der Waals surface area contributed by atoms with Crippen molar-refractivity contribution in [2.45, 2.75) is 311 Å². The number of hydrogen-bond acceptors (Lipinski definition) is 22. The van der Waals surface area contributed by atoms with Gasteiger partial charge < -0.3 is 89.5 Å². The molecule has 0 amide bonds. The molecule has 24 heteroatoms. The molecule has 23 nitrogen and oxygen atoms in total. The van der Waals surface area contributed by atoms with Crippen molar-refractivity contribution in [2.24, 2.45) is 0 Å². The number of unbranched alkanes of at least 4 members (excludes halogenated alkanes) is 26. The van der Waals surface area contributed by atoms with Gasteiger partial charge in [0.05, 0.1) is 19.8 Å². The summed E-state index contributed by atoms with van der Waals surface area (Å²) in [5, 5.41) is 117. The maximum absolute atomic E-state index is 14.0. The molecule has 0 radical (unpaired) electrons. The Kier molecular flexibility index (Phi) is 36.9. The number of ether oxygens (including phenoxy) is 6. The fourth-order valence-corrected chi connectivity index (χ4v) is 11.1. The molecule has 2 heterocycles. The molecular weight excluding hydrogens is 1060 g/mol. The maximum Gasteiger partial charge on any atom is 0.472 e. The van der Waals surface area contributed by atoms with Gasteiger partial charge in [0.25, 0.3) is 0 Å². The molecule has 0 aromatic heterocycles. The summed E-state index contributed by atoms with van der Waals surface area (Å²) in [7, 11) is -5.63. The lowest BCUT2D eigenvalue weighted by molar-refractivity contribution is -0.360. The van der Waals surface area contributed by atoms with Crippen LogP contribution in [-0.4, -0.2) is 204 Å². The number of carbonyl (C=O) groups is 2. The fraction of sp³-hybridized carbons (Fsp3) is 0.964. The largest absolute Gasteiger partial charge is 0.472 e. The van der Waals surface area contributed by atoms with Gasteiger partial charge in [0.2, 0.25) is 0 Å².